The highest BCUT2D eigenvalue weighted by Gasteiger charge is 2.91. The first-order valence-corrected chi connectivity index (χ1v) is 7.77. The van der Waals surface area contributed by atoms with Crippen LogP contribution in [0, 0.1) is 10.8 Å². The van der Waals surface area contributed by atoms with Crippen molar-refractivity contribution in [3.8, 4) is 0 Å². The molecule has 4 nitrogen and oxygen atoms in total. The summed E-state index contributed by atoms with van der Waals surface area (Å²) in [5.41, 5.74) is 7.75. The van der Waals surface area contributed by atoms with Crippen LogP contribution >= 0.6 is 23.2 Å². The Balaban J connectivity index is 2.22. The van der Waals surface area contributed by atoms with Crippen LogP contribution in [0.2, 0.25) is 0 Å². The minimum atomic E-state index is -1.19. The lowest BCUT2D eigenvalue weighted by atomic mass is 9.40. The number of fused-ring (bicyclic) bond motifs is 2. The number of hydrogen-bond donors (Lipinski definition) is 0. The van der Waals surface area contributed by atoms with Crippen molar-refractivity contribution in [1.29, 1.82) is 0 Å². The third-order valence-corrected chi connectivity index (χ3v) is 6.33. The molecule has 0 radical (unpaired) electrons. The second-order valence-electron chi connectivity index (χ2n) is 7.47. The number of Topliss-reactive ketones (excluding diaryl/α,β-unsaturated/α-hetero) is 2. The number of alkyl halides is 2. The lowest BCUT2D eigenvalue weighted by molar-refractivity contribution is -0.786. The van der Waals surface area contributed by atoms with Gasteiger partial charge in [0.1, 0.15) is 5.41 Å². The van der Waals surface area contributed by atoms with Crippen molar-refractivity contribution in [2.75, 3.05) is 0 Å². The maximum Gasteiger partial charge on any atom is 0.235 e. The molecule has 2 saturated carbocycles. The summed E-state index contributed by atoms with van der Waals surface area (Å²) in [6.45, 7) is 5.97. The number of nitrogens with zero attached hydrogens (tertiary/aromatic N) is 2. The molecular formula is C14H18Cl2N2O2. The molecule has 0 amide bonds. The average Bonchev–Trinajstić information content (AvgIpc) is 2.58. The van der Waals surface area contributed by atoms with Gasteiger partial charge in [-0.15, -0.1) is 0 Å². The van der Waals surface area contributed by atoms with Crippen LogP contribution in [0.1, 0.15) is 46.5 Å². The fraction of sp³-hybridized carbons (Fsp3) is 0.857. The van der Waals surface area contributed by atoms with Gasteiger partial charge in [0.05, 0.1) is 0 Å². The van der Waals surface area contributed by atoms with E-state index < -0.39 is 21.3 Å². The highest BCUT2D eigenvalue weighted by Crippen LogP contribution is 2.73. The van der Waals surface area contributed by atoms with Crippen LogP contribution in [0.25, 0.3) is 5.53 Å². The molecule has 6 heteroatoms. The summed E-state index contributed by atoms with van der Waals surface area (Å²) in [6.07, 6.45) is 2.03. The fourth-order valence-corrected chi connectivity index (χ4v) is 5.58. The van der Waals surface area contributed by atoms with Crippen LogP contribution in [0.5, 0.6) is 0 Å². The van der Waals surface area contributed by atoms with E-state index in [1.165, 1.54) is 0 Å². The Hall–Kier alpha value is -0.480. The van der Waals surface area contributed by atoms with Crippen molar-refractivity contribution < 1.29 is 14.3 Å². The molecule has 110 valence electrons. The topological polar surface area (TPSA) is 59.5 Å². The quantitative estimate of drug-likeness (QED) is 0.580. The van der Waals surface area contributed by atoms with E-state index in [-0.39, 0.29) is 17.0 Å². The minimum Gasteiger partial charge on any atom is -0.505 e. The highest BCUT2D eigenvalue weighted by molar-refractivity contribution is 6.54. The zero-order valence-electron chi connectivity index (χ0n) is 11.9. The van der Waals surface area contributed by atoms with E-state index in [1.54, 1.807) is 0 Å². The molecule has 2 saturated heterocycles. The average molecular weight is 317 g/mol. The number of carbonyl (C=O) groups is 2. The molecule has 2 aliphatic heterocycles. The van der Waals surface area contributed by atoms with E-state index in [2.05, 4.69) is 0 Å². The van der Waals surface area contributed by atoms with Crippen LogP contribution in [-0.2, 0) is 9.59 Å². The highest BCUT2D eigenvalue weighted by atomic mass is 35.5. The molecule has 2 aliphatic carbocycles. The summed E-state index contributed by atoms with van der Waals surface area (Å²) in [5, 5.41) is 0. The Morgan fingerprint density at radius 1 is 1.30 bits per heavy atom. The van der Waals surface area contributed by atoms with E-state index in [4.69, 9.17) is 23.2 Å². The third kappa shape index (κ3) is 1.19. The molecule has 4 rings (SSSR count). The van der Waals surface area contributed by atoms with Crippen LogP contribution in [0.15, 0.2) is 0 Å². The van der Waals surface area contributed by atoms with Gasteiger partial charge in [0.25, 0.3) is 0 Å². The second-order valence-corrected chi connectivity index (χ2v) is 8.57. The Morgan fingerprint density at radius 3 is 2.45 bits per heavy atom. The predicted octanol–water partition coefficient (Wildman–Crippen LogP) is 3.07. The summed E-state index contributed by atoms with van der Waals surface area (Å²) in [6, 6.07) is 0. The standard InChI is InChI=1S/C14H18Cl2N2O2/c1-11(2)6-13-8(19)4-5-12(13,3)14(7-11,18(13)17)9(20)10(15)16/h10H,4-7H2,1-3H3. The van der Waals surface area contributed by atoms with Gasteiger partial charge in [-0.05, 0) is 18.8 Å². The first kappa shape index (κ1) is 14.5. The Labute approximate surface area is 128 Å². The molecule has 3 atom stereocenters. The molecule has 1 spiro atoms. The molecule has 0 aromatic heterocycles. The van der Waals surface area contributed by atoms with E-state index >= 15 is 0 Å². The molecule has 0 N–H and O–H groups in total. The Morgan fingerprint density at radius 2 is 1.90 bits per heavy atom. The van der Waals surface area contributed by atoms with Crippen LogP contribution < -0.4 is 0 Å². The van der Waals surface area contributed by atoms with Gasteiger partial charge in [-0.25, -0.2) is 0 Å². The van der Waals surface area contributed by atoms with Gasteiger partial charge >= 0.3 is 0 Å². The van der Waals surface area contributed by atoms with Gasteiger partial charge in [-0.2, -0.15) is 0 Å². The van der Waals surface area contributed by atoms with Gasteiger partial charge in [0.15, 0.2) is 4.84 Å². The van der Waals surface area contributed by atoms with Gasteiger partial charge in [-0.3, -0.25) is 14.3 Å². The summed E-state index contributed by atoms with van der Waals surface area (Å²) >= 11 is 11.6. The zero-order valence-corrected chi connectivity index (χ0v) is 13.4. The van der Waals surface area contributed by atoms with Gasteiger partial charge in [-0.1, -0.05) is 37.0 Å². The second kappa shape index (κ2) is 3.64. The van der Waals surface area contributed by atoms with Crippen molar-refractivity contribution >= 4 is 34.8 Å². The molecule has 4 fully saturated rings. The van der Waals surface area contributed by atoms with Gasteiger partial charge in [0, 0.05) is 19.3 Å². The minimum absolute atomic E-state index is 0.0272. The number of halogens is 2. The third-order valence-electron chi connectivity index (χ3n) is 5.94. The van der Waals surface area contributed by atoms with Crippen LogP contribution in [0.4, 0.5) is 0 Å². The molecule has 4 aliphatic rings. The number of piperidine rings is 1. The summed E-state index contributed by atoms with van der Waals surface area (Å²) in [7, 11) is 0. The maximum atomic E-state index is 12.6. The molecule has 0 aromatic carbocycles. The summed E-state index contributed by atoms with van der Waals surface area (Å²) in [4.78, 5) is 23.9. The van der Waals surface area contributed by atoms with E-state index in [0.717, 1.165) is 4.70 Å². The summed E-state index contributed by atoms with van der Waals surface area (Å²) in [5.74, 6) is -0.358. The fourth-order valence-electron chi connectivity index (χ4n) is 5.22. The molecule has 2 heterocycles. The van der Waals surface area contributed by atoms with Crippen molar-refractivity contribution in [3.05, 3.63) is 5.53 Å². The monoisotopic (exact) mass is 316 g/mol. The lowest BCUT2D eigenvalue weighted by Crippen LogP contribution is -2.88. The molecule has 2 bridgehead atoms. The van der Waals surface area contributed by atoms with Crippen molar-refractivity contribution in [3.63, 3.8) is 0 Å². The van der Waals surface area contributed by atoms with E-state index in [0.29, 0.717) is 25.7 Å². The van der Waals surface area contributed by atoms with E-state index in [9.17, 15) is 15.1 Å². The van der Waals surface area contributed by atoms with Crippen molar-refractivity contribution in [2.45, 2.75) is 62.4 Å². The van der Waals surface area contributed by atoms with Crippen molar-refractivity contribution in [1.82, 2.24) is 0 Å². The van der Waals surface area contributed by atoms with Crippen molar-refractivity contribution in [2.24, 2.45) is 10.8 Å². The van der Waals surface area contributed by atoms with Crippen LogP contribution in [0.3, 0.4) is 0 Å². The first-order valence-electron chi connectivity index (χ1n) is 6.90. The first-order chi connectivity index (χ1) is 9.05. The molecule has 0 aromatic rings. The molecule has 3 unspecified atom stereocenters. The zero-order chi connectivity index (χ0) is 15.1. The van der Waals surface area contributed by atoms with Gasteiger partial charge < -0.3 is 5.53 Å². The lowest BCUT2D eigenvalue weighted by Gasteiger charge is -2.69. The molecular weight excluding hydrogens is 299 g/mol. The number of rotatable bonds is 2. The largest absolute Gasteiger partial charge is 0.505 e. The Bertz CT molecular complexity index is 559. The number of carbonyl (C=O) groups excluding carboxylic acids is 2. The number of hydrogen-bond acceptors (Lipinski definition) is 2. The maximum absolute atomic E-state index is 12.6. The Kier molecular flexibility index (Phi) is 2.63. The SMILES string of the molecule is CC1(C)CC23C(=O)CCC2(C)C(C(=O)C(Cl)Cl)(C1)[N+]3=[N-]. The summed E-state index contributed by atoms with van der Waals surface area (Å²) < 4.78 is 1.00. The normalized spacial score (nSPS) is 45.3. The van der Waals surface area contributed by atoms with Gasteiger partial charge in [0.2, 0.25) is 22.6 Å². The smallest absolute Gasteiger partial charge is 0.235 e. The van der Waals surface area contributed by atoms with E-state index in [1.807, 2.05) is 20.8 Å². The molecule has 20 heavy (non-hydrogen) atoms. The van der Waals surface area contributed by atoms with Crippen LogP contribution in [-0.4, -0.2) is 32.2 Å². The number of ketones is 2. The predicted molar refractivity (Wildman–Crippen MR) is 74.9 cm³/mol.